The molecule has 2 aromatic rings. The van der Waals surface area contributed by atoms with Crippen molar-refractivity contribution in [1.82, 2.24) is 10.6 Å². The van der Waals surface area contributed by atoms with Gasteiger partial charge in [0.25, 0.3) is 11.8 Å². The van der Waals surface area contributed by atoms with E-state index in [0.29, 0.717) is 17.9 Å². The molecule has 0 radical (unpaired) electrons. The average molecular weight is 362 g/mol. The van der Waals surface area contributed by atoms with Crippen molar-refractivity contribution in [3.63, 3.8) is 0 Å². The van der Waals surface area contributed by atoms with E-state index < -0.39 is 17.8 Å². The molecule has 7 nitrogen and oxygen atoms in total. The molecule has 0 aliphatic rings. The molecule has 0 saturated carbocycles. The van der Waals surface area contributed by atoms with E-state index in [9.17, 15) is 14.4 Å². The lowest BCUT2D eigenvalue weighted by atomic mass is 10.2. The molecule has 0 aliphatic heterocycles. The zero-order valence-electron chi connectivity index (χ0n) is 13.6. The van der Waals surface area contributed by atoms with Crippen LogP contribution in [-0.2, 0) is 20.9 Å². The van der Waals surface area contributed by atoms with E-state index >= 15 is 0 Å². The number of carbonyl (C=O) groups excluding carboxylic acids is 3. The van der Waals surface area contributed by atoms with Crippen molar-refractivity contribution < 1.29 is 23.9 Å². The number of ether oxygens (including phenoxy) is 2. The predicted octanol–water partition coefficient (Wildman–Crippen LogP) is 1.35. The van der Waals surface area contributed by atoms with Crippen molar-refractivity contribution in [3.05, 3.63) is 52.2 Å². The number of nitrogens with one attached hydrogen (secondary N) is 2. The Kier molecular flexibility index (Phi) is 6.97. The van der Waals surface area contributed by atoms with Crippen LogP contribution in [0.1, 0.15) is 15.2 Å². The van der Waals surface area contributed by atoms with Crippen LogP contribution in [0.25, 0.3) is 0 Å². The molecule has 8 heteroatoms. The van der Waals surface area contributed by atoms with Crippen LogP contribution < -0.4 is 15.4 Å². The molecule has 0 unspecified atom stereocenters. The van der Waals surface area contributed by atoms with Crippen LogP contribution in [0.15, 0.2) is 41.8 Å². The molecule has 132 valence electrons. The minimum atomic E-state index is -0.692. The van der Waals surface area contributed by atoms with E-state index in [1.165, 1.54) is 18.4 Å². The molecule has 0 spiro atoms. The first-order chi connectivity index (χ1) is 12.1. The summed E-state index contributed by atoms with van der Waals surface area (Å²) in [6, 6.07) is 10.3. The van der Waals surface area contributed by atoms with Gasteiger partial charge in [-0.2, -0.15) is 0 Å². The molecule has 0 saturated heterocycles. The number of hydrogen-bond donors (Lipinski definition) is 2. The van der Waals surface area contributed by atoms with Gasteiger partial charge in [0.05, 0.1) is 13.7 Å². The van der Waals surface area contributed by atoms with E-state index in [1.807, 2.05) is 17.5 Å². The van der Waals surface area contributed by atoms with Crippen molar-refractivity contribution >= 4 is 29.1 Å². The number of benzene rings is 1. The lowest BCUT2D eigenvalue weighted by Crippen LogP contribution is -2.33. The Morgan fingerprint density at radius 1 is 1.12 bits per heavy atom. The second-order valence-corrected chi connectivity index (χ2v) is 5.96. The van der Waals surface area contributed by atoms with Crippen molar-refractivity contribution in [2.24, 2.45) is 0 Å². The lowest BCUT2D eigenvalue weighted by Gasteiger charge is -2.08. The normalized spacial score (nSPS) is 9.96. The minimum Gasteiger partial charge on any atom is -0.497 e. The minimum absolute atomic E-state index is 0.325. The first-order valence-electron chi connectivity index (χ1n) is 7.45. The van der Waals surface area contributed by atoms with Crippen molar-refractivity contribution in [3.8, 4) is 5.75 Å². The number of rotatable bonds is 8. The van der Waals surface area contributed by atoms with Crippen molar-refractivity contribution in [2.45, 2.75) is 6.54 Å². The Bertz CT molecular complexity index is 730. The maximum absolute atomic E-state index is 11.9. The summed E-state index contributed by atoms with van der Waals surface area (Å²) in [5.74, 6) is -0.987. The zero-order valence-corrected chi connectivity index (χ0v) is 14.4. The standard InChI is InChI=1S/C17H18N2O5S/c1-23-13-5-2-4-12(8-13)17(22)19-10-16(21)24-11-15(20)18-9-14-6-3-7-25-14/h2-8H,9-11H2,1H3,(H,18,20)(H,19,22). The van der Waals surface area contributed by atoms with Gasteiger partial charge in [0.1, 0.15) is 12.3 Å². The fourth-order valence-electron chi connectivity index (χ4n) is 1.87. The number of hydrogen-bond acceptors (Lipinski definition) is 6. The van der Waals surface area contributed by atoms with E-state index in [1.54, 1.807) is 24.3 Å². The summed E-state index contributed by atoms with van der Waals surface area (Å²) in [6.07, 6.45) is 0. The van der Waals surface area contributed by atoms with Crippen LogP contribution in [0.5, 0.6) is 5.75 Å². The molecule has 0 atom stereocenters. The highest BCUT2D eigenvalue weighted by Crippen LogP contribution is 2.12. The molecule has 2 N–H and O–H groups in total. The van der Waals surface area contributed by atoms with Gasteiger partial charge >= 0.3 is 5.97 Å². The fourth-order valence-corrected chi connectivity index (χ4v) is 2.51. The summed E-state index contributed by atoms with van der Waals surface area (Å²) in [5, 5.41) is 6.98. The Morgan fingerprint density at radius 2 is 1.96 bits per heavy atom. The highest BCUT2D eigenvalue weighted by atomic mass is 32.1. The van der Waals surface area contributed by atoms with E-state index in [0.717, 1.165) is 4.88 Å². The fraction of sp³-hybridized carbons (Fsp3) is 0.235. The highest BCUT2D eigenvalue weighted by Gasteiger charge is 2.11. The van der Waals surface area contributed by atoms with Gasteiger partial charge in [-0.3, -0.25) is 14.4 Å². The van der Waals surface area contributed by atoms with E-state index in [4.69, 9.17) is 9.47 Å². The summed E-state index contributed by atoms with van der Waals surface area (Å²) < 4.78 is 9.85. The number of methoxy groups -OCH3 is 1. The summed E-state index contributed by atoms with van der Waals surface area (Å²) in [6.45, 7) is -0.325. The Balaban J connectivity index is 1.67. The van der Waals surface area contributed by atoms with Crippen LogP contribution in [0, 0.1) is 0 Å². The summed E-state index contributed by atoms with van der Waals surface area (Å²) in [5.41, 5.74) is 0.362. The van der Waals surface area contributed by atoms with Gasteiger partial charge in [0.2, 0.25) is 0 Å². The molecular formula is C17H18N2O5S. The second kappa shape index (κ2) is 9.43. The highest BCUT2D eigenvalue weighted by molar-refractivity contribution is 7.09. The molecular weight excluding hydrogens is 344 g/mol. The molecule has 0 aliphatic carbocycles. The van der Waals surface area contributed by atoms with Gasteiger partial charge in [-0.05, 0) is 29.6 Å². The smallest absolute Gasteiger partial charge is 0.325 e. The summed E-state index contributed by atoms with van der Waals surface area (Å²) >= 11 is 1.52. The summed E-state index contributed by atoms with van der Waals surface area (Å²) in [4.78, 5) is 36.1. The van der Waals surface area contributed by atoms with Crippen molar-refractivity contribution in [1.29, 1.82) is 0 Å². The lowest BCUT2D eigenvalue weighted by molar-refractivity contribution is -0.147. The van der Waals surface area contributed by atoms with Crippen LogP contribution >= 0.6 is 11.3 Å². The Hall–Kier alpha value is -2.87. The molecule has 1 heterocycles. The maximum atomic E-state index is 11.9. The van der Waals surface area contributed by atoms with Gasteiger partial charge in [0, 0.05) is 10.4 Å². The van der Waals surface area contributed by atoms with Gasteiger partial charge in [-0.1, -0.05) is 12.1 Å². The predicted molar refractivity (Wildman–Crippen MR) is 92.5 cm³/mol. The molecule has 2 rings (SSSR count). The number of amides is 2. The number of esters is 1. The Labute approximate surface area is 148 Å². The third-order valence-corrected chi connectivity index (χ3v) is 4.01. The molecule has 1 aromatic carbocycles. The van der Waals surface area contributed by atoms with Crippen LogP contribution in [0.4, 0.5) is 0 Å². The van der Waals surface area contributed by atoms with Gasteiger partial charge in [-0.25, -0.2) is 0 Å². The first-order valence-corrected chi connectivity index (χ1v) is 8.33. The third-order valence-electron chi connectivity index (χ3n) is 3.13. The summed E-state index contributed by atoms with van der Waals surface area (Å²) in [7, 11) is 1.50. The molecule has 0 bridgehead atoms. The second-order valence-electron chi connectivity index (χ2n) is 4.93. The van der Waals surface area contributed by atoms with Crippen LogP contribution in [-0.4, -0.2) is 38.0 Å². The van der Waals surface area contributed by atoms with Crippen molar-refractivity contribution in [2.75, 3.05) is 20.3 Å². The quantitative estimate of drug-likeness (QED) is 0.692. The zero-order chi connectivity index (χ0) is 18.1. The SMILES string of the molecule is COc1cccc(C(=O)NCC(=O)OCC(=O)NCc2cccs2)c1. The van der Waals surface area contributed by atoms with Crippen LogP contribution in [0.3, 0.4) is 0 Å². The third kappa shape index (κ3) is 6.27. The maximum Gasteiger partial charge on any atom is 0.325 e. The molecule has 1 aromatic heterocycles. The first kappa shape index (κ1) is 18.5. The van der Waals surface area contributed by atoms with Gasteiger partial charge < -0.3 is 20.1 Å². The molecule has 2 amide bonds. The number of carbonyl (C=O) groups is 3. The van der Waals surface area contributed by atoms with Crippen LogP contribution in [0.2, 0.25) is 0 Å². The largest absolute Gasteiger partial charge is 0.497 e. The van der Waals surface area contributed by atoms with Gasteiger partial charge in [-0.15, -0.1) is 11.3 Å². The van der Waals surface area contributed by atoms with E-state index in [2.05, 4.69) is 10.6 Å². The topological polar surface area (TPSA) is 93.7 Å². The average Bonchev–Trinajstić information content (AvgIpc) is 3.16. The molecule has 0 fully saturated rings. The Morgan fingerprint density at radius 3 is 2.68 bits per heavy atom. The molecule has 25 heavy (non-hydrogen) atoms. The monoisotopic (exact) mass is 362 g/mol. The van der Waals surface area contributed by atoms with E-state index in [-0.39, 0.29) is 13.2 Å². The number of thiophene rings is 1. The van der Waals surface area contributed by atoms with Gasteiger partial charge in [0.15, 0.2) is 6.61 Å².